The summed E-state index contributed by atoms with van der Waals surface area (Å²) in [6.07, 6.45) is 0.0725. The van der Waals surface area contributed by atoms with Crippen LogP contribution in [0.5, 0.6) is 0 Å². The van der Waals surface area contributed by atoms with Crippen LogP contribution in [0.2, 0.25) is 0 Å². The number of carboxylic acid groups (broad SMARTS) is 1. The number of hydrogen-bond acceptors (Lipinski definition) is 3. The lowest BCUT2D eigenvalue weighted by molar-refractivity contribution is -0.136. The Bertz CT molecular complexity index is 463. The highest BCUT2D eigenvalue weighted by molar-refractivity contribution is 9.10. The Morgan fingerprint density at radius 3 is 2.56 bits per heavy atom. The Labute approximate surface area is 114 Å². The van der Waals surface area contributed by atoms with E-state index in [1.54, 1.807) is 18.2 Å². The number of aliphatic carboxylic acids is 1. The molecule has 0 aromatic heterocycles. The summed E-state index contributed by atoms with van der Waals surface area (Å²) in [5.41, 5.74) is 6.48. The number of hydrogen-bond donors (Lipinski definition) is 2. The van der Waals surface area contributed by atoms with E-state index in [4.69, 9.17) is 10.8 Å². The lowest BCUT2D eigenvalue weighted by Gasteiger charge is -2.22. The molecule has 1 amide bonds. The monoisotopic (exact) mass is 314 g/mol. The van der Waals surface area contributed by atoms with Crippen molar-refractivity contribution in [1.82, 2.24) is 0 Å². The highest BCUT2D eigenvalue weighted by Crippen LogP contribution is 2.24. The number of benzene rings is 1. The van der Waals surface area contributed by atoms with E-state index < -0.39 is 11.9 Å². The second-order valence-corrected chi connectivity index (χ2v) is 4.61. The van der Waals surface area contributed by atoms with Gasteiger partial charge in [0.25, 0.3) is 0 Å². The van der Waals surface area contributed by atoms with E-state index in [1.165, 1.54) is 0 Å². The molecule has 0 fully saturated rings. The van der Waals surface area contributed by atoms with Crippen molar-refractivity contribution in [3.05, 3.63) is 28.2 Å². The predicted molar refractivity (Wildman–Crippen MR) is 72.8 cm³/mol. The third-order valence-electron chi connectivity index (χ3n) is 2.56. The molecule has 6 heteroatoms. The van der Waals surface area contributed by atoms with E-state index in [0.29, 0.717) is 23.1 Å². The van der Waals surface area contributed by atoms with Crippen LogP contribution in [0.3, 0.4) is 0 Å². The minimum Gasteiger partial charge on any atom is -0.481 e. The van der Waals surface area contributed by atoms with Crippen molar-refractivity contribution < 1.29 is 14.7 Å². The Hall–Kier alpha value is -1.56. The summed E-state index contributed by atoms with van der Waals surface area (Å²) in [4.78, 5) is 23.6. The van der Waals surface area contributed by atoms with Gasteiger partial charge in [-0.2, -0.15) is 0 Å². The fraction of sp³-hybridized carbons (Fsp3) is 0.333. The second-order valence-electron chi connectivity index (χ2n) is 3.75. The zero-order valence-electron chi connectivity index (χ0n) is 10.0. The first-order valence-electron chi connectivity index (χ1n) is 5.51. The molecule has 5 nitrogen and oxygen atoms in total. The van der Waals surface area contributed by atoms with Crippen LogP contribution in [0.25, 0.3) is 0 Å². The fourth-order valence-corrected chi connectivity index (χ4v) is 2.16. The average Bonchev–Trinajstić information content (AvgIpc) is 2.29. The van der Waals surface area contributed by atoms with Crippen LogP contribution in [0, 0.1) is 0 Å². The number of primary amides is 1. The van der Waals surface area contributed by atoms with Crippen molar-refractivity contribution in [2.24, 2.45) is 5.73 Å². The normalized spacial score (nSPS) is 10.1. The molecule has 1 aromatic carbocycles. The summed E-state index contributed by atoms with van der Waals surface area (Å²) >= 11 is 3.28. The Morgan fingerprint density at radius 1 is 1.44 bits per heavy atom. The molecule has 0 aliphatic carbocycles. The van der Waals surface area contributed by atoms with Gasteiger partial charge in [0.1, 0.15) is 0 Å². The standard InChI is InChI=1S/C12H15BrN2O3/c1-2-15(6-5-11(16)17)8-3-4-9(12(14)18)10(13)7-8/h3-4,7H,2,5-6H2,1H3,(H2,14,18)(H,16,17). The quantitative estimate of drug-likeness (QED) is 0.839. The summed E-state index contributed by atoms with van der Waals surface area (Å²) in [6, 6.07) is 5.16. The molecule has 0 heterocycles. The molecular weight excluding hydrogens is 300 g/mol. The molecule has 1 rings (SSSR count). The lowest BCUT2D eigenvalue weighted by atomic mass is 10.2. The van der Waals surface area contributed by atoms with Crippen LogP contribution in [0.15, 0.2) is 22.7 Å². The number of carbonyl (C=O) groups is 2. The number of carboxylic acids is 1. The molecule has 0 aliphatic heterocycles. The maximum Gasteiger partial charge on any atom is 0.305 e. The van der Waals surface area contributed by atoms with E-state index in [-0.39, 0.29) is 6.42 Å². The van der Waals surface area contributed by atoms with Crippen molar-refractivity contribution in [2.75, 3.05) is 18.0 Å². The second kappa shape index (κ2) is 6.39. The largest absolute Gasteiger partial charge is 0.481 e. The van der Waals surface area contributed by atoms with Gasteiger partial charge < -0.3 is 15.7 Å². The molecule has 1 aromatic rings. The molecular formula is C12H15BrN2O3. The number of rotatable bonds is 6. The van der Waals surface area contributed by atoms with E-state index in [0.717, 1.165) is 5.69 Å². The van der Waals surface area contributed by atoms with Gasteiger partial charge in [-0.1, -0.05) is 0 Å². The minimum absolute atomic E-state index is 0.0725. The molecule has 0 atom stereocenters. The first kappa shape index (κ1) is 14.5. The molecule has 98 valence electrons. The molecule has 0 spiro atoms. The van der Waals surface area contributed by atoms with Gasteiger partial charge in [-0.05, 0) is 41.1 Å². The van der Waals surface area contributed by atoms with Crippen LogP contribution >= 0.6 is 15.9 Å². The van der Waals surface area contributed by atoms with E-state index in [1.807, 2.05) is 11.8 Å². The number of carbonyl (C=O) groups excluding carboxylic acids is 1. The van der Waals surface area contributed by atoms with Gasteiger partial charge in [0, 0.05) is 23.2 Å². The maximum absolute atomic E-state index is 11.1. The third kappa shape index (κ3) is 3.73. The van der Waals surface area contributed by atoms with E-state index in [9.17, 15) is 9.59 Å². The van der Waals surface area contributed by atoms with E-state index in [2.05, 4.69) is 15.9 Å². The Balaban J connectivity index is 2.90. The number of nitrogens with two attached hydrogens (primary N) is 1. The maximum atomic E-state index is 11.1. The van der Waals surface area contributed by atoms with Crippen LogP contribution in [0.4, 0.5) is 5.69 Å². The van der Waals surface area contributed by atoms with Gasteiger partial charge in [0.05, 0.1) is 12.0 Å². The summed E-state index contributed by atoms with van der Waals surface area (Å²) in [6.45, 7) is 3.06. The fourth-order valence-electron chi connectivity index (χ4n) is 1.60. The van der Waals surface area contributed by atoms with Gasteiger partial charge >= 0.3 is 5.97 Å². The summed E-state index contributed by atoms with van der Waals surface area (Å²) in [5, 5.41) is 8.68. The molecule has 18 heavy (non-hydrogen) atoms. The third-order valence-corrected chi connectivity index (χ3v) is 3.22. The van der Waals surface area contributed by atoms with Crippen LogP contribution < -0.4 is 10.6 Å². The molecule has 0 saturated carbocycles. The Morgan fingerprint density at radius 2 is 2.11 bits per heavy atom. The number of nitrogens with zero attached hydrogens (tertiary/aromatic N) is 1. The van der Waals surface area contributed by atoms with Gasteiger partial charge in [-0.15, -0.1) is 0 Å². The van der Waals surface area contributed by atoms with Crippen LogP contribution in [-0.2, 0) is 4.79 Å². The predicted octanol–water partition coefficient (Wildman–Crippen LogP) is 1.85. The van der Waals surface area contributed by atoms with Crippen molar-refractivity contribution in [2.45, 2.75) is 13.3 Å². The Kier molecular flexibility index (Phi) is 5.15. The average molecular weight is 315 g/mol. The molecule has 0 aliphatic rings. The lowest BCUT2D eigenvalue weighted by Crippen LogP contribution is -2.26. The smallest absolute Gasteiger partial charge is 0.305 e. The molecule has 3 N–H and O–H groups in total. The number of anilines is 1. The zero-order valence-corrected chi connectivity index (χ0v) is 11.6. The van der Waals surface area contributed by atoms with Crippen molar-refractivity contribution in [3.8, 4) is 0 Å². The van der Waals surface area contributed by atoms with Gasteiger partial charge in [0.2, 0.25) is 5.91 Å². The summed E-state index contributed by atoms with van der Waals surface area (Å²) in [7, 11) is 0. The SMILES string of the molecule is CCN(CCC(=O)O)c1ccc(C(N)=O)c(Br)c1. The van der Waals surface area contributed by atoms with E-state index >= 15 is 0 Å². The minimum atomic E-state index is -0.832. The number of amides is 1. The summed E-state index contributed by atoms with van der Waals surface area (Å²) < 4.78 is 0.612. The van der Waals surface area contributed by atoms with Crippen molar-refractivity contribution in [3.63, 3.8) is 0 Å². The number of halogens is 1. The van der Waals surface area contributed by atoms with Gasteiger partial charge in [0.15, 0.2) is 0 Å². The molecule has 0 saturated heterocycles. The topological polar surface area (TPSA) is 83.6 Å². The summed E-state index contributed by atoms with van der Waals surface area (Å²) in [5.74, 6) is -1.33. The first-order chi connectivity index (χ1) is 8.45. The highest BCUT2D eigenvalue weighted by Gasteiger charge is 2.11. The van der Waals surface area contributed by atoms with Gasteiger partial charge in [-0.3, -0.25) is 9.59 Å². The van der Waals surface area contributed by atoms with Crippen LogP contribution in [-0.4, -0.2) is 30.1 Å². The first-order valence-corrected chi connectivity index (χ1v) is 6.31. The van der Waals surface area contributed by atoms with Crippen molar-refractivity contribution >= 4 is 33.5 Å². The molecule has 0 radical (unpaired) electrons. The molecule has 0 unspecified atom stereocenters. The zero-order chi connectivity index (χ0) is 13.7. The molecule has 0 bridgehead atoms. The van der Waals surface area contributed by atoms with Crippen molar-refractivity contribution in [1.29, 1.82) is 0 Å². The van der Waals surface area contributed by atoms with Crippen LogP contribution in [0.1, 0.15) is 23.7 Å². The highest BCUT2D eigenvalue weighted by atomic mass is 79.9. The van der Waals surface area contributed by atoms with Gasteiger partial charge in [-0.25, -0.2) is 0 Å².